The lowest BCUT2D eigenvalue weighted by Gasteiger charge is -2.35. The van der Waals surface area contributed by atoms with E-state index in [-0.39, 0.29) is 24.9 Å². The third kappa shape index (κ3) is 3.50. The first kappa shape index (κ1) is 16.8. The normalized spacial score (nSPS) is 21.8. The predicted molar refractivity (Wildman–Crippen MR) is 90.8 cm³/mol. The monoisotopic (exact) mass is 359 g/mol. The number of rotatable bonds is 4. The third-order valence-corrected chi connectivity index (χ3v) is 4.41. The largest absolute Gasteiger partial charge is 0.454 e. The number of amides is 1. The summed E-state index contributed by atoms with van der Waals surface area (Å²) in [7, 11) is 0. The minimum atomic E-state index is 0.0590. The van der Waals surface area contributed by atoms with Crippen molar-refractivity contribution in [3.8, 4) is 23.0 Å². The minimum Gasteiger partial charge on any atom is -0.454 e. The molecular weight excluding hydrogens is 338 g/mol. The van der Waals surface area contributed by atoms with Crippen molar-refractivity contribution in [1.29, 1.82) is 0 Å². The fraction of sp³-hybridized carbons (Fsp3) is 0.500. The van der Waals surface area contributed by atoms with Gasteiger partial charge >= 0.3 is 0 Å². The van der Waals surface area contributed by atoms with Crippen molar-refractivity contribution >= 4 is 5.91 Å². The lowest BCUT2D eigenvalue weighted by Crippen LogP contribution is -2.48. The molecule has 2 atom stereocenters. The van der Waals surface area contributed by atoms with Crippen molar-refractivity contribution in [2.24, 2.45) is 0 Å². The van der Waals surface area contributed by atoms with Gasteiger partial charge in [0.25, 0.3) is 0 Å². The van der Waals surface area contributed by atoms with Crippen LogP contribution >= 0.6 is 0 Å². The minimum absolute atomic E-state index is 0.0590. The second-order valence-electron chi connectivity index (χ2n) is 6.63. The van der Waals surface area contributed by atoms with Crippen molar-refractivity contribution in [1.82, 2.24) is 15.1 Å². The highest BCUT2D eigenvalue weighted by Crippen LogP contribution is 2.35. The number of ether oxygens (including phenoxy) is 3. The standard InChI is InChI=1S/C18H21N3O5/c1-11-8-21(9-12(2)25-11)17(22)6-5-16-19-20-18(26-16)13-3-4-14-15(7-13)24-10-23-14/h3-4,7,11-12H,5-6,8-10H2,1-2H3/t11-,12+. The summed E-state index contributed by atoms with van der Waals surface area (Å²) in [5.74, 6) is 2.29. The molecule has 0 radical (unpaired) electrons. The molecule has 0 N–H and O–H groups in total. The summed E-state index contributed by atoms with van der Waals surface area (Å²) in [5.41, 5.74) is 0.759. The van der Waals surface area contributed by atoms with Crippen LogP contribution in [0.5, 0.6) is 11.5 Å². The molecule has 2 aromatic rings. The fourth-order valence-electron chi connectivity index (χ4n) is 3.25. The van der Waals surface area contributed by atoms with E-state index >= 15 is 0 Å². The van der Waals surface area contributed by atoms with Gasteiger partial charge in [0, 0.05) is 31.5 Å². The third-order valence-electron chi connectivity index (χ3n) is 4.41. The quantitative estimate of drug-likeness (QED) is 0.825. The number of morpholine rings is 1. The van der Waals surface area contributed by atoms with E-state index in [0.29, 0.717) is 49.2 Å². The molecule has 1 fully saturated rings. The van der Waals surface area contributed by atoms with Gasteiger partial charge in [-0.2, -0.15) is 0 Å². The Morgan fingerprint density at radius 1 is 1.15 bits per heavy atom. The van der Waals surface area contributed by atoms with Gasteiger partial charge in [-0.3, -0.25) is 4.79 Å². The average molecular weight is 359 g/mol. The molecule has 2 aliphatic heterocycles. The molecule has 3 heterocycles. The second kappa shape index (κ2) is 6.95. The second-order valence-corrected chi connectivity index (χ2v) is 6.63. The molecule has 8 heteroatoms. The maximum atomic E-state index is 12.4. The van der Waals surface area contributed by atoms with Gasteiger partial charge in [-0.15, -0.1) is 10.2 Å². The summed E-state index contributed by atoms with van der Waals surface area (Å²) in [6, 6.07) is 5.46. The highest BCUT2D eigenvalue weighted by atomic mass is 16.7. The Morgan fingerprint density at radius 2 is 1.92 bits per heavy atom. The number of carbonyl (C=O) groups is 1. The smallest absolute Gasteiger partial charge is 0.247 e. The molecule has 2 aliphatic rings. The number of carbonyl (C=O) groups excluding carboxylic acids is 1. The summed E-state index contributed by atoms with van der Waals surface area (Å²) in [6.07, 6.45) is 0.867. The van der Waals surface area contributed by atoms with Gasteiger partial charge < -0.3 is 23.5 Å². The molecule has 0 unspecified atom stereocenters. The topological polar surface area (TPSA) is 86.9 Å². The van der Waals surface area contributed by atoms with Crippen LogP contribution in [0.1, 0.15) is 26.2 Å². The van der Waals surface area contributed by atoms with Crippen molar-refractivity contribution in [2.45, 2.75) is 38.9 Å². The Bertz CT molecular complexity index is 796. The van der Waals surface area contributed by atoms with E-state index in [0.717, 1.165) is 5.56 Å². The predicted octanol–water partition coefficient (Wildman–Crippen LogP) is 2.03. The van der Waals surface area contributed by atoms with Crippen LogP contribution < -0.4 is 9.47 Å². The number of fused-ring (bicyclic) bond motifs is 1. The van der Waals surface area contributed by atoms with Crippen LogP contribution in [-0.2, 0) is 16.0 Å². The molecule has 0 saturated carbocycles. The van der Waals surface area contributed by atoms with Crippen LogP contribution in [0, 0.1) is 0 Å². The van der Waals surface area contributed by atoms with Crippen LogP contribution in [0.3, 0.4) is 0 Å². The zero-order chi connectivity index (χ0) is 18.1. The Balaban J connectivity index is 1.37. The van der Waals surface area contributed by atoms with Gasteiger partial charge in [0.2, 0.25) is 24.5 Å². The highest BCUT2D eigenvalue weighted by molar-refractivity contribution is 5.76. The Kier molecular flexibility index (Phi) is 4.50. The fourth-order valence-corrected chi connectivity index (χ4v) is 3.25. The lowest BCUT2D eigenvalue weighted by atomic mass is 10.2. The van der Waals surface area contributed by atoms with E-state index in [2.05, 4.69) is 10.2 Å². The maximum absolute atomic E-state index is 12.4. The number of hydrogen-bond donors (Lipinski definition) is 0. The molecule has 1 aromatic carbocycles. The van der Waals surface area contributed by atoms with Gasteiger partial charge in [0.05, 0.1) is 12.2 Å². The van der Waals surface area contributed by atoms with Crippen molar-refractivity contribution in [2.75, 3.05) is 19.9 Å². The molecule has 0 bridgehead atoms. The first-order valence-corrected chi connectivity index (χ1v) is 8.74. The van der Waals surface area contributed by atoms with Gasteiger partial charge in [-0.1, -0.05) is 0 Å². The number of aromatic nitrogens is 2. The Morgan fingerprint density at radius 3 is 2.73 bits per heavy atom. The Hall–Kier alpha value is -2.61. The van der Waals surface area contributed by atoms with Crippen LogP contribution in [0.25, 0.3) is 11.5 Å². The molecule has 0 spiro atoms. The Labute approximate surface area is 151 Å². The summed E-state index contributed by atoms with van der Waals surface area (Å²) in [4.78, 5) is 14.3. The molecule has 1 amide bonds. The first-order chi connectivity index (χ1) is 12.6. The molecule has 4 rings (SSSR count). The number of nitrogens with zero attached hydrogens (tertiary/aromatic N) is 3. The van der Waals surface area contributed by atoms with E-state index in [9.17, 15) is 4.79 Å². The first-order valence-electron chi connectivity index (χ1n) is 8.74. The highest BCUT2D eigenvalue weighted by Gasteiger charge is 2.26. The molecule has 138 valence electrons. The van der Waals surface area contributed by atoms with Gasteiger partial charge in [0.15, 0.2) is 11.5 Å². The molecule has 1 aromatic heterocycles. The summed E-state index contributed by atoms with van der Waals surface area (Å²) in [5, 5.41) is 8.12. The zero-order valence-electron chi connectivity index (χ0n) is 14.8. The molecule has 8 nitrogen and oxygen atoms in total. The van der Waals surface area contributed by atoms with Crippen LogP contribution in [0.15, 0.2) is 22.6 Å². The summed E-state index contributed by atoms with van der Waals surface area (Å²) < 4.78 is 22.0. The van der Waals surface area contributed by atoms with Crippen molar-refractivity contribution in [3.63, 3.8) is 0 Å². The zero-order valence-corrected chi connectivity index (χ0v) is 14.8. The summed E-state index contributed by atoms with van der Waals surface area (Å²) >= 11 is 0. The molecular formula is C18H21N3O5. The van der Waals surface area contributed by atoms with Crippen LogP contribution in [-0.4, -0.2) is 53.1 Å². The SMILES string of the molecule is C[C@@H]1CN(C(=O)CCc2nnc(-c3ccc4c(c3)OCO4)o2)C[C@H](C)O1. The van der Waals surface area contributed by atoms with Crippen LogP contribution in [0.4, 0.5) is 0 Å². The van der Waals surface area contributed by atoms with Gasteiger partial charge in [0.1, 0.15) is 0 Å². The van der Waals surface area contributed by atoms with Gasteiger partial charge in [-0.25, -0.2) is 0 Å². The lowest BCUT2D eigenvalue weighted by molar-refractivity contribution is -0.143. The van der Waals surface area contributed by atoms with Gasteiger partial charge in [-0.05, 0) is 32.0 Å². The van der Waals surface area contributed by atoms with E-state index in [1.54, 1.807) is 6.07 Å². The number of aryl methyl sites for hydroxylation is 1. The maximum Gasteiger partial charge on any atom is 0.247 e. The van der Waals surface area contributed by atoms with Crippen molar-refractivity contribution in [3.05, 3.63) is 24.1 Å². The number of hydrogen-bond acceptors (Lipinski definition) is 7. The van der Waals surface area contributed by atoms with E-state index in [4.69, 9.17) is 18.6 Å². The number of benzene rings is 1. The average Bonchev–Trinajstić information content (AvgIpc) is 3.27. The molecule has 0 aliphatic carbocycles. The van der Waals surface area contributed by atoms with E-state index in [1.807, 2.05) is 30.9 Å². The van der Waals surface area contributed by atoms with Crippen LogP contribution in [0.2, 0.25) is 0 Å². The van der Waals surface area contributed by atoms with Crippen molar-refractivity contribution < 1.29 is 23.4 Å². The molecule has 26 heavy (non-hydrogen) atoms. The van der Waals surface area contributed by atoms with E-state index < -0.39 is 0 Å². The molecule has 1 saturated heterocycles. The summed E-state index contributed by atoms with van der Waals surface area (Å²) in [6.45, 7) is 5.41. The van der Waals surface area contributed by atoms with E-state index in [1.165, 1.54) is 0 Å².